The van der Waals surface area contributed by atoms with Crippen LogP contribution in [0.3, 0.4) is 0 Å². The molecule has 2 aromatic carbocycles. The number of hydrogen-bond donors (Lipinski definition) is 0. The summed E-state index contributed by atoms with van der Waals surface area (Å²) in [6.07, 6.45) is -0.0976. The fourth-order valence-electron chi connectivity index (χ4n) is 2.83. The van der Waals surface area contributed by atoms with Crippen LogP contribution in [0.15, 0.2) is 58.6 Å². The van der Waals surface area contributed by atoms with E-state index in [9.17, 15) is 4.79 Å². The normalized spacial score (nSPS) is 12.9. The number of rotatable bonds is 10. The van der Waals surface area contributed by atoms with Gasteiger partial charge >= 0.3 is 5.97 Å². The summed E-state index contributed by atoms with van der Waals surface area (Å²) in [5.74, 6) is 0.472. The first-order valence-corrected chi connectivity index (χ1v) is 10.7. The van der Waals surface area contributed by atoms with Crippen molar-refractivity contribution in [2.24, 2.45) is 0 Å². The summed E-state index contributed by atoms with van der Waals surface area (Å²) in [6, 6.07) is 16.0. The predicted molar refractivity (Wildman–Crippen MR) is 120 cm³/mol. The summed E-state index contributed by atoms with van der Waals surface area (Å²) in [6.45, 7) is 9.19. The summed E-state index contributed by atoms with van der Waals surface area (Å²) < 4.78 is 17.6. The lowest BCUT2D eigenvalue weighted by atomic mass is 10.0. The summed E-state index contributed by atoms with van der Waals surface area (Å²) in [4.78, 5) is 12.0. The number of carbonyl (C=O) groups is 1. The molecule has 0 spiro atoms. The van der Waals surface area contributed by atoms with Crippen LogP contribution in [0.5, 0.6) is 5.75 Å². The number of allylic oxidation sites excluding steroid dienone is 1. The van der Waals surface area contributed by atoms with Crippen molar-refractivity contribution in [3.05, 3.63) is 69.7 Å². The summed E-state index contributed by atoms with van der Waals surface area (Å²) in [5.41, 5.74) is 4.57. The molecule has 1 atom stereocenters. The zero-order chi connectivity index (χ0) is 21.2. The molecule has 0 aliphatic rings. The van der Waals surface area contributed by atoms with Crippen molar-refractivity contribution >= 4 is 27.5 Å². The molecule has 0 saturated heterocycles. The highest BCUT2D eigenvalue weighted by Crippen LogP contribution is 2.22. The third-order valence-electron chi connectivity index (χ3n) is 4.63. The van der Waals surface area contributed by atoms with E-state index in [0.29, 0.717) is 26.2 Å². The molecule has 0 radical (unpaired) electrons. The molecule has 156 valence electrons. The van der Waals surface area contributed by atoms with Crippen molar-refractivity contribution in [2.75, 3.05) is 19.8 Å². The third-order valence-corrected chi connectivity index (χ3v) is 5.16. The van der Waals surface area contributed by atoms with Crippen molar-refractivity contribution in [3.8, 4) is 5.75 Å². The molecule has 29 heavy (non-hydrogen) atoms. The van der Waals surface area contributed by atoms with Gasteiger partial charge in [-0.1, -0.05) is 40.2 Å². The minimum absolute atomic E-state index is 0.321. The van der Waals surface area contributed by atoms with E-state index in [0.717, 1.165) is 15.8 Å². The van der Waals surface area contributed by atoms with Crippen LogP contribution in [0, 0.1) is 0 Å². The van der Waals surface area contributed by atoms with Gasteiger partial charge in [-0.05, 0) is 74.2 Å². The van der Waals surface area contributed by atoms with E-state index in [2.05, 4.69) is 41.9 Å². The Labute approximate surface area is 182 Å². The molecule has 0 amide bonds. The second-order valence-electron chi connectivity index (χ2n) is 6.75. The first-order chi connectivity index (χ1) is 13.9. The third kappa shape index (κ3) is 7.33. The SMILES string of the molecule is CCOC(=O)C(Cc1ccc(OCC(C)=C(C)c2ccc(Br)cc2)cc1)OCC. The maximum Gasteiger partial charge on any atom is 0.335 e. The number of carbonyl (C=O) groups excluding carboxylic acids is 1. The van der Waals surface area contributed by atoms with Gasteiger partial charge in [-0.2, -0.15) is 0 Å². The zero-order valence-electron chi connectivity index (χ0n) is 17.5. The summed E-state index contributed by atoms with van der Waals surface area (Å²) in [5, 5.41) is 0. The highest BCUT2D eigenvalue weighted by atomic mass is 79.9. The van der Waals surface area contributed by atoms with Crippen molar-refractivity contribution in [1.29, 1.82) is 0 Å². The molecular formula is C24H29BrO4. The highest BCUT2D eigenvalue weighted by molar-refractivity contribution is 9.10. The van der Waals surface area contributed by atoms with Crippen LogP contribution < -0.4 is 4.74 Å². The molecule has 0 bridgehead atoms. The lowest BCUT2D eigenvalue weighted by molar-refractivity contribution is -0.156. The fraction of sp³-hybridized carbons (Fsp3) is 0.375. The maximum atomic E-state index is 12.0. The maximum absolute atomic E-state index is 12.0. The van der Waals surface area contributed by atoms with Gasteiger partial charge in [0.1, 0.15) is 12.4 Å². The van der Waals surface area contributed by atoms with Gasteiger partial charge in [0.25, 0.3) is 0 Å². The lowest BCUT2D eigenvalue weighted by Gasteiger charge is -2.16. The quantitative estimate of drug-likeness (QED) is 0.418. The van der Waals surface area contributed by atoms with Crippen molar-refractivity contribution in [1.82, 2.24) is 0 Å². The molecule has 2 rings (SSSR count). The van der Waals surface area contributed by atoms with E-state index in [-0.39, 0.29) is 5.97 Å². The Kier molecular flexibility index (Phi) is 9.42. The number of esters is 1. The van der Waals surface area contributed by atoms with E-state index in [1.807, 2.05) is 43.3 Å². The Hall–Kier alpha value is -2.11. The molecule has 2 aromatic rings. The van der Waals surface area contributed by atoms with Crippen molar-refractivity contribution in [3.63, 3.8) is 0 Å². The van der Waals surface area contributed by atoms with E-state index < -0.39 is 6.10 Å². The molecule has 5 heteroatoms. The van der Waals surface area contributed by atoms with Gasteiger partial charge in [-0.25, -0.2) is 4.79 Å². The summed E-state index contributed by atoms with van der Waals surface area (Å²) >= 11 is 3.46. The predicted octanol–water partition coefficient (Wildman–Crippen LogP) is 5.83. The van der Waals surface area contributed by atoms with Crippen LogP contribution in [-0.4, -0.2) is 31.9 Å². The van der Waals surface area contributed by atoms with Crippen LogP contribution in [-0.2, 0) is 20.7 Å². The number of hydrogen-bond acceptors (Lipinski definition) is 4. The minimum atomic E-state index is -0.578. The number of ether oxygens (including phenoxy) is 3. The van der Waals surface area contributed by atoms with Gasteiger partial charge in [0, 0.05) is 17.5 Å². The van der Waals surface area contributed by atoms with Gasteiger partial charge in [0.15, 0.2) is 6.10 Å². The monoisotopic (exact) mass is 460 g/mol. The van der Waals surface area contributed by atoms with Crippen LogP contribution in [0.2, 0.25) is 0 Å². The molecule has 0 heterocycles. The highest BCUT2D eigenvalue weighted by Gasteiger charge is 2.20. The largest absolute Gasteiger partial charge is 0.489 e. The second kappa shape index (κ2) is 11.8. The first kappa shape index (κ1) is 23.2. The second-order valence-corrected chi connectivity index (χ2v) is 7.66. The van der Waals surface area contributed by atoms with E-state index in [1.165, 1.54) is 16.7 Å². The Morgan fingerprint density at radius 2 is 1.62 bits per heavy atom. The van der Waals surface area contributed by atoms with Crippen LogP contribution in [0.25, 0.3) is 5.57 Å². The standard InChI is InChI=1S/C24H29BrO4/c1-5-27-23(24(26)28-6-2)15-19-7-13-22(14-8-19)29-16-17(3)18(4)20-9-11-21(25)12-10-20/h7-14,23H,5-6,15-16H2,1-4H3. The molecule has 0 aromatic heterocycles. The molecule has 0 aliphatic heterocycles. The van der Waals surface area contributed by atoms with Gasteiger partial charge in [-0.15, -0.1) is 0 Å². The minimum Gasteiger partial charge on any atom is -0.489 e. The molecular weight excluding hydrogens is 432 g/mol. The fourth-order valence-corrected chi connectivity index (χ4v) is 3.09. The summed E-state index contributed by atoms with van der Waals surface area (Å²) in [7, 11) is 0. The molecule has 0 fully saturated rings. The molecule has 1 unspecified atom stereocenters. The average Bonchev–Trinajstić information content (AvgIpc) is 2.73. The van der Waals surface area contributed by atoms with Crippen LogP contribution in [0.1, 0.15) is 38.8 Å². The zero-order valence-corrected chi connectivity index (χ0v) is 19.1. The molecule has 4 nitrogen and oxygen atoms in total. The van der Waals surface area contributed by atoms with E-state index in [1.54, 1.807) is 6.92 Å². The van der Waals surface area contributed by atoms with E-state index >= 15 is 0 Å². The van der Waals surface area contributed by atoms with Crippen LogP contribution in [0.4, 0.5) is 0 Å². The Balaban J connectivity index is 1.96. The van der Waals surface area contributed by atoms with Gasteiger partial charge in [0.2, 0.25) is 0 Å². The molecule has 0 N–H and O–H groups in total. The molecule has 0 saturated carbocycles. The van der Waals surface area contributed by atoms with E-state index in [4.69, 9.17) is 14.2 Å². The number of benzene rings is 2. The molecule has 0 aliphatic carbocycles. The lowest BCUT2D eigenvalue weighted by Crippen LogP contribution is -2.28. The first-order valence-electron chi connectivity index (χ1n) is 9.86. The Morgan fingerprint density at radius 3 is 2.21 bits per heavy atom. The Bertz CT molecular complexity index is 810. The number of halogens is 1. The average molecular weight is 461 g/mol. The van der Waals surface area contributed by atoms with Crippen molar-refractivity contribution < 1.29 is 19.0 Å². The van der Waals surface area contributed by atoms with Crippen molar-refractivity contribution in [2.45, 2.75) is 40.2 Å². The smallest absolute Gasteiger partial charge is 0.335 e. The van der Waals surface area contributed by atoms with Gasteiger partial charge in [-0.3, -0.25) is 0 Å². The van der Waals surface area contributed by atoms with Gasteiger partial charge in [0.05, 0.1) is 6.61 Å². The van der Waals surface area contributed by atoms with Crippen LogP contribution >= 0.6 is 15.9 Å². The topological polar surface area (TPSA) is 44.8 Å². The van der Waals surface area contributed by atoms with Gasteiger partial charge < -0.3 is 14.2 Å². The Morgan fingerprint density at radius 1 is 0.966 bits per heavy atom.